The third kappa shape index (κ3) is 9.96. The lowest BCUT2D eigenvalue weighted by Crippen LogP contribution is -2.44. The quantitative estimate of drug-likeness (QED) is 0.245. The van der Waals surface area contributed by atoms with Crippen LogP contribution in [0.5, 0.6) is 0 Å². The van der Waals surface area contributed by atoms with Gasteiger partial charge in [-0.25, -0.2) is 4.99 Å². The number of hydrogen-bond acceptors (Lipinski definition) is 3. The highest BCUT2D eigenvalue weighted by Crippen LogP contribution is 2.07. The monoisotopic (exact) mass is 475 g/mol. The molecular weight excluding hydrogens is 441 g/mol. The molecule has 1 aromatic carbocycles. The number of rotatable bonds is 7. The summed E-state index contributed by atoms with van der Waals surface area (Å²) in [6.45, 7) is 11.6. The van der Waals surface area contributed by atoms with Crippen molar-refractivity contribution >= 4 is 35.8 Å². The molecule has 0 saturated carbocycles. The molecule has 0 aliphatic carbocycles. The Balaban J connectivity index is 0.00000625. The summed E-state index contributed by atoms with van der Waals surface area (Å²) in [5, 5.41) is 10.0. The molecule has 1 aromatic rings. The molecule has 1 amide bonds. The third-order valence-corrected chi connectivity index (χ3v) is 3.44. The van der Waals surface area contributed by atoms with Crippen molar-refractivity contribution in [2.75, 3.05) is 33.7 Å². The van der Waals surface area contributed by atoms with E-state index in [2.05, 4.69) is 41.7 Å². The summed E-state index contributed by atoms with van der Waals surface area (Å²) in [5.41, 5.74) is 1.87. The fourth-order valence-electron chi connectivity index (χ4n) is 2.14. The van der Waals surface area contributed by atoms with E-state index in [0.717, 1.165) is 31.2 Å². The maximum atomic E-state index is 11.9. The molecule has 0 saturated heterocycles. The number of nitrogens with one attached hydrogen (secondary N) is 3. The van der Waals surface area contributed by atoms with Crippen molar-refractivity contribution in [3.05, 3.63) is 35.4 Å². The molecule has 0 atom stereocenters. The van der Waals surface area contributed by atoms with Gasteiger partial charge in [0.15, 0.2) is 5.96 Å². The van der Waals surface area contributed by atoms with E-state index >= 15 is 0 Å². The predicted octanol–water partition coefficient (Wildman–Crippen LogP) is 2.45. The number of aliphatic imine (C=N–C) groups is 1. The van der Waals surface area contributed by atoms with Crippen LogP contribution >= 0.6 is 24.0 Å². The lowest BCUT2D eigenvalue weighted by molar-refractivity contribution is 0.0827. The second-order valence-electron chi connectivity index (χ2n) is 7.20. The third-order valence-electron chi connectivity index (χ3n) is 3.44. The van der Waals surface area contributed by atoms with Crippen LogP contribution in [0.25, 0.3) is 0 Å². The molecule has 0 fully saturated rings. The van der Waals surface area contributed by atoms with Gasteiger partial charge in [-0.05, 0) is 45.4 Å². The smallest absolute Gasteiger partial charge is 0.253 e. The van der Waals surface area contributed by atoms with Crippen molar-refractivity contribution in [1.29, 1.82) is 0 Å². The number of hydrogen-bond donors (Lipinski definition) is 3. The first-order valence-corrected chi connectivity index (χ1v) is 8.80. The Morgan fingerprint density at radius 1 is 1.08 bits per heavy atom. The van der Waals surface area contributed by atoms with Crippen molar-refractivity contribution in [2.24, 2.45) is 4.99 Å². The summed E-state index contributed by atoms with van der Waals surface area (Å²) >= 11 is 0. The maximum Gasteiger partial charge on any atom is 0.253 e. The molecule has 3 N–H and O–H groups in total. The van der Waals surface area contributed by atoms with Crippen LogP contribution in [0, 0.1) is 0 Å². The molecule has 148 valence electrons. The van der Waals surface area contributed by atoms with Crippen LogP contribution in [-0.2, 0) is 6.54 Å². The Labute approximate surface area is 175 Å². The van der Waals surface area contributed by atoms with E-state index in [4.69, 9.17) is 0 Å². The average Bonchev–Trinajstić information content (AvgIpc) is 2.55. The summed E-state index contributed by atoms with van der Waals surface area (Å²) in [6.07, 6.45) is 0. The molecule has 0 heterocycles. The number of amides is 1. The largest absolute Gasteiger partial charge is 0.357 e. The number of nitrogens with zero attached hydrogens (tertiary/aromatic N) is 2. The van der Waals surface area contributed by atoms with Gasteiger partial charge in [0.25, 0.3) is 5.91 Å². The second-order valence-corrected chi connectivity index (χ2v) is 7.20. The van der Waals surface area contributed by atoms with Gasteiger partial charge in [0.2, 0.25) is 0 Å². The summed E-state index contributed by atoms with van der Waals surface area (Å²) in [4.78, 5) is 18.1. The highest BCUT2D eigenvalue weighted by molar-refractivity contribution is 14.0. The molecule has 0 bridgehead atoms. The zero-order valence-corrected chi connectivity index (χ0v) is 19.2. The zero-order chi connectivity index (χ0) is 18.9. The van der Waals surface area contributed by atoms with Gasteiger partial charge in [0, 0.05) is 44.8 Å². The standard InChI is InChI=1S/C19H33N5O.HI/c1-7-20-18(21-12-13-23-19(2,3)4)22-14-15-8-10-16(11-9-15)17(25)24(5)6;/h8-11,23H,7,12-14H2,1-6H3,(H2,20,21,22);1H. The molecule has 0 radical (unpaired) electrons. The average molecular weight is 475 g/mol. The molecule has 0 aliphatic heterocycles. The van der Waals surface area contributed by atoms with Gasteiger partial charge in [-0.3, -0.25) is 4.79 Å². The Kier molecular flexibility index (Phi) is 11.5. The van der Waals surface area contributed by atoms with Crippen LogP contribution in [-0.4, -0.2) is 56.0 Å². The van der Waals surface area contributed by atoms with Crippen LogP contribution in [0.15, 0.2) is 29.3 Å². The van der Waals surface area contributed by atoms with Gasteiger partial charge in [-0.2, -0.15) is 0 Å². The first kappa shape index (κ1) is 24.7. The lowest BCUT2D eigenvalue weighted by Gasteiger charge is -2.21. The number of carbonyl (C=O) groups is 1. The zero-order valence-electron chi connectivity index (χ0n) is 16.8. The Morgan fingerprint density at radius 2 is 1.69 bits per heavy atom. The van der Waals surface area contributed by atoms with E-state index in [1.165, 1.54) is 0 Å². The van der Waals surface area contributed by atoms with E-state index in [1.807, 2.05) is 31.2 Å². The van der Waals surface area contributed by atoms with Crippen molar-refractivity contribution < 1.29 is 4.79 Å². The summed E-state index contributed by atoms with van der Waals surface area (Å²) in [7, 11) is 3.51. The fraction of sp³-hybridized carbons (Fsp3) is 0.579. The number of benzene rings is 1. The molecule has 7 heteroatoms. The molecule has 1 rings (SSSR count). The van der Waals surface area contributed by atoms with Gasteiger partial charge in [-0.1, -0.05) is 12.1 Å². The lowest BCUT2D eigenvalue weighted by atomic mass is 10.1. The van der Waals surface area contributed by atoms with Gasteiger partial charge < -0.3 is 20.9 Å². The summed E-state index contributed by atoms with van der Waals surface area (Å²) in [6, 6.07) is 7.59. The first-order chi connectivity index (χ1) is 11.7. The predicted molar refractivity (Wildman–Crippen MR) is 120 cm³/mol. The molecule has 6 nitrogen and oxygen atoms in total. The maximum absolute atomic E-state index is 11.9. The molecular formula is C19H34IN5O. The topological polar surface area (TPSA) is 68.8 Å². The minimum absolute atomic E-state index is 0. The Morgan fingerprint density at radius 3 is 2.19 bits per heavy atom. The van der Waals surface area contributed by atoms with Crippen LogP contribution in [0.1, 0.15) is 43.6 Å². The van der Waals surface area contributed by atoms with E-state index in [-0.39, 0.29) is 35.4 Å². The van der Waals surface area contributed by atoms with Crippen LogP contribution < -0.4 is 16.0 Å². The minimum atomic E-state index is 0. The van der Waals surface area contributed by atoms with Crippen LogP contribution in [0.2, 0.25) is 0 Å². The molecule has 26 heavy (non-hydrogen) atoms. The van der Waals surface area contributed by atoms with Crippen molar-refractivity contribution in [3.8, 4) is 0 Å². The fourth-order valence-corrected chi connectivity index (χ4v) is 2.14. The molecule has 0 aromatic heterocycles. The number of guanidine groups is 1. The van der Waals surface area contributed by atoms with Crippen LogP contribution in [0.3, 0.4) is 0 Å². The summed E-state index contributed by atoms with van der Waals surface area (Å²) < 4.78 is 0. The van der Waals surface area contributed by atoms with Crippen molar-refractivity contribution in [1.82, 2.24) is 20.9 Å². The van der Waals surface area contributed by atoms with E-state index < -0.39 is 0 Å². The normalized spacial score (nSPS) is 11.5. The first-order valence-electron chi connectivity index (χ1n) is 8.80. The highest BCUT2D eigenvalue weighted by Gasteiger charge is 2.08. The number of halogens is 1. The number of carbonyl (C=O) groups excluding carboxylic acids is 1. The molecule has 0 aliphatic rings. The van der Waals surface area contributed by atoms with Crippen molar-refractivity contribution in [3.63, 3.8) is 0 Å². The van der Waals surface area contributed by atoms with Crippen LogP contribution in [0.4, 0.5) is 0 Å². The van der Waals surface area contributed by atoms with Crippen molar-refractivity contribution in [2.45, 2.75) is 39.8 Å². The second kappa shape index (κ2) is 12.1. The minimum Gasteiger partial charge on any atom is -0.357 e. The summed E-state index contributed by atoms with van der Waals surface area (Å²) in [5.74, 6) is 0.808. The van der Waals surface area contributed by atoms with Gasteiger partial charge in [-0.15, -0.1) is 24.0 Å². The highest BCUT2D eigenvalue weighted by atomic mass is 127. The Bertz CT molecular complexity index is 564. The van der Waals surface area contributed by atoms with E-state index in [1.54, 1.807) is 19.0 Å². The van der Waals surface area contributed by atoms with E-state index in [0.29, 0.717) is 12.1 Å². The van der Waals surface area contributed by atoms with Gasteiger partial charge in [0.05, 0.1) is 6.54 Å². The van der Waals surface area contributed by atoms with E-state index in [9.17, 15) is 4.79 Å². The SMILES string of the molecule is CCNC(=NCc1ccc(C(=O)N(C)C)cc1)NCCNC(C)(C)C.I. The Hall–Kier alpha value is -1.35. The molecule has 0 unspecified atom stereocenters. The van der Waals surface area contributed by atoms with Gasteiger partial charge >= 0.3 is 0 Å². The molecule has 0 spiro atoms. The van der Waals surface area contributed by atoms with Gasteiger partial charge in [0.1, 0.15) is 0 Å².